The molecule has 0 fully saturated rings. The van der Waals surface area contributed by atoms with Crippen LogP contribution in [0.1, 0.15) is 38.8 Å². The summed E-state index contributed by atoms with van der Waals surface area (Å²) in [6, 6.07) is 15.6. The molecule has 0 aliphatic rings. The summed E-state index contributed by atoms with van der Waals surface area (Å²) in [4.78, 5) is 0. The molecule has 0 N–H and O–H groups in total. The van der Waals surface area contributed by atoms with Crippen LogP contribution in [0.2, 0.25) is 10.0 Å². The highest BCUT2D eigenvalue weighted by Crippen LogP contribution is 2.43. The second-order valence-electron chi connectivity index (χ2n) is 6.81. The van der Waals surface area contributed by atoms with Crippen LogP contribution >= 0.6 is 23.2 Å². The Labute approximate surface area is 160 Å². The van der Waals surface area contributed by atoms with E-state index in [1.165, 1.54) is 0 Å². The molecule has 0 unspecified atom stereocenters. The lowest BCUT2D eigenvalue weighted by atomic mass is 9.65. The molecule has 0 saturated carbocycles. The van der Waals surface area contributed by atoms with Crippen molar-refractivity contribution in [3.63, 3.8) is 0 Å². The molecule has 0 radical (unpaired) electrons. The van der Waals surface area contributed by atoms with Gasteiger partial charge in [0, 0.05) is 15.6 Å². The van der Waals surface area contributed by atoms with Crippen LogP contribution in [0, 0.1) is 23.2 Å². The molecule has 2 aromatic carbocycles. The number of hydrogen-bond acceptors (Lipinski definition) is 2. The molecule has 0 spiro atoms. The SMILES string of the molecule is CC(C)C(C#N)(c1cc(OCc2ccccc2Cl)ccc1Cl)C(C)C. The van der Waals surface area contributed by atoms with Crippen molar-refractivity contribution in [2.75, 3.05) is 0 Å². The normalized spacial score (nSPS) is 11.6. The molecule has 0 saturated heterocycles. The summed E-state index contributed by atoms with van der Waals surface area (Å²) < 4.78 is 5.92. The molecule has 2 aromatic rings. The molecule has 4 heteroatoms. The Balaban J connectivity index is 2.37. The van der Waals surface area contributed by atoms with Crippen molar-refractivity contribution in [1.29, 1.82) is 5.26 Å². The molecule has 0 bridgehead atoms. The van der Waals surface area contributed by atoms with Crippen LogP contribution in [0.15, 0.2) is 42.5 Å². The van der Waals surface area contributed by atoms with Gasteiger partial charge in [0.15, 0.2) is 0 Å². The van der Waals surface area contributed by atoms with E-state index in [0.29, 0.717) is 22.4 Å². The Hall–Kier alpha value is -1.69. The van der Waals surface area contributed by atoms with Gasteiger partial charge in [0.1, 0.15) is 12.4 Å². The predicted octanol–water partition coefficient (Wildman–Crippen LogP) is 6.65. The molecular formula is C21H23Cl2NO. The molecular weight excluding hydrogens is 353 g/mol. The molecule has 2 nitrogen and oxygen atoms in total. The Bertz CT molecular complexity index is 770. The summed E-state index contributed by atoms with van der Waals surface area (Å²) in [5.74, 6) is 0.919. The minimum absolute atomic E-state index is 0.119. The van der Waals surface area contributed by atoms with Gasteiger partial charge in [-0.25, -0.2) is 0 Å². The van der Waals surface area contributed by atoms with Gasteiger partial charge in [-0.15, -0.1) is 0 Å². The van der Waals surface area contributed by atoms with Crippen molar-refractivity contribution >= 4 is 23.2 Å². The first kappa shape index (κ1) is 19.6. The smallest absolute Gasteiger partial charge is 0.120 e. The summed E-state index contributed by atoms with van der Waals surface area (Å²) in [6.07, 6.45) is 0. The minimum Gasteiger partial charge on any atom is -0.489 e. The van der Waals surface area contributed by atoms with Crippen LogP contribution in [-0.2, 0) is 12.0 Å². The standard InChI is InChI=1S/C21H23Cl2NO/c1-14(2)21(13-24,15(3)4)18-11-17(9-10-20(18)23)25-12-16-7-5-6-8-19(16)22/h5-11,14-15H,12H2,1-4H3. The van der Waals surface area contributed by atoms with Crippen molar-refractivity contribution in [3.05, 3.63) is 63.6 Å². The monoisotopic (exact) mass is 375 g/mol. The van der Waals surface area contributed by atoms with E-state index in [-0.39, 0.29) is 11.8 Å². The van der Waals surface area contributed by atoms with E-state index in [4.69, 9.17) is 27.9 Å². The molecule has 132 valence electrons. The van der Waals surface area contributed by atoms with E-state index in [9.17, 15) is 5.26 Å². The zero-order valence-corrected chi connectivity index (χ0v) is 16.5. The molecule has 2 rings (SSSR count). The maximum atomic E-state index is 9.96. The van der Waals surface area contributed by atoms with Crippen LogP contribution in [0.4, 0.5) is 0 Å². The predicted molar refractivity (Wildman–Crippen MR) is 104 cm³/mol. The van der Waals surface area contributed by atoms with Gasteiger partial charge in [-0.3, -0.25) is 0 Å². The number of nitriles is 1. The van der Waals surface area contributed by atoms with E-state index < -0.39 is 5.41 Å². The molecule has 0 atom stereocenters. The summed E-state index contributed by atoms with van der Waals surface area (Å²) in [6.45, 7) is 8.57. The van der Waals surface area contributed by atoms with Crippen molar-refractivity contribution in [1.82, 2.24) is 0 Å². The first-order valence-electron chi connectivity index (χ1n) is 8.40. The maximum absolute atomic E-state index is 9.96. The highest BCUT2D eigenvalue weighted by Gasteiger charge is 2.41. The summed E-state index contributed by atoms with van der Waals surface area (Å²) in [5.41, 5.74) is 1.07. The minimum atomic E-state index is -0.666. The van der Waals surface area contributed by atoms with E-state index in [0.717, 1.165) is 11.1 Å². The summed E-state index contributed by atoms with van der Waals surface area (Å²) >= 11 is 12.6. The molecule has 0 heterocycles. The third kappa shape index (κ3) is 3.94. The largest absolute Gasteiger partial charge is 0.489 e. The molecule has 0 aliphatic heterocycles. The van der Waals surface area contributed by atoms with Crippen LogP contribution in [0.5, 0.6) is 5.75 Å². The topological polar surface area (TPSA) is 33.0 Å². The van der Waals surface area contributed by atoms with Crippen LogP contribution in [0.3, 0.4) is 0 Å². The zero-order valence-electron chi connectivity index (χ0n) is 15.0. The number of nitrogens with zero attached hydrogens (tertiary/aromatic N) is 1. The van der Waals surface area contributed by atoms with Gasteiger partial charge < -0.3 is 4.74 Å². The summed E-state index contributed by atoms with van der Waals surface area (Å²) in [5, 5.41) is 11.2. The molecule has 0 amide bonds. The van der Waals surface area contributed by atoms with Crippen molar-refractivity contribution in [2.45, 2.75) is 39.7 Å². The number of hydrogen-bond donors (Lipinski definition) is 0. The number of benzene rings is 2. The highest BCUT2D eigenvalue weighted by atomic mass is 35.5. The van der Waals surface area contributed by atoms with Crippen molar-refractivity contribution < 1.29 is 4.74 Å². The van der Waals surface area contributed by atoms with Gasteiger partial charge in [-0.2, -0.15) is 5.26 Å². The third-order valence-electron chi connectivity index (χ3n) is 4.74. The molecule has 25 heavy (non-hydrogen) atoms. The van der Waals surface area contributed by atoms with E-state index >= 15 is 0 Å². The zero-order chi connectivity index (χ0) is 18.6. The fourth-order valence-electron chi connectivity index (χ4n) is 3.29. The second kappa shape index (κ2) is 8.13. The van der Waals surface area contributed by atoms with Crippen LogP contribution in [-0.4, -0.2) is 0 Å². The first-order chi connectivity index (χ1) is 11.8. The van der Waals surface area contributed by atoms with E-state index in [2.05, 4.69) is 33.8 Å². The van der Waals surface area contributed by atoms with E-state index in [1.54, 1.807) is 6.07 Å². The number of rotatable bonds is 6. The van der Waals surface area contributed by atoms with Crippen molar-refractivity contribution in [3.8, 4) is 11.8 Å². The molecule has 0 aromatic heterocycles. The third-order valence-corrected chi connectivity index (χ3v) is 5.44. The Kier molecular flexibility index (Phi) is 6.38. The van der Waals surface area contributed by atoms with Gasteiger partial charge in [0.05, 0.1) is 11.5 Å². The van der Waals surface area contributed by atoms with E-state index in [1.807, 2.05) is 36.4 Å². The maximum Gasteiger partial charge on any atom is 0.120 e. The number of ether oxygens (including phenoxy) is 1. The Morgan fingerprint density at radius 2 is 1.64 bits per heavy atom. The lowest BCUT2D eigenvalue weighted by molar-refractivity contribution is 0.287. The lowest BCUT2D eigenvalue weighted by Crippen LogP contribution is -2.36. The fourth-order valence-corrected chi connectivity index (χ4v) is 3.76. The lowest BCUT2D eigenvalue weighted by Gasteiger charge is -2.36. The van der Waals surface area contributed by atoms with Gasteiger partial charge in [0.2, 0.25) is 0 Å². The Morgan fingerprint density at radius 1 is 1.00 bits per heavy atom. The first-order valence-corrected chi connectivity index (χ1v) is 9.16. The van der Waals surface area contributed by atoms with Gasteiger partial charge in [0.25, 0.3) is 0 Å². The van der Waals surface area contributed by atoms with Crippen LogP contribution in [0.25, 0.3) is 0 Å². The summed E-state index contributed by atoms with van der Waals surface area (Å²) in [7, 11) is 0. The average Bonchev–Trinajstić information content (AvgIpc) is 2.57. The quantitative estimate of drug-likeness (QED) is 0.566. The molecule has 0 aliphatic carbocycles. The number of halogens is 2. The van der Waals surface area contributed by atoms with Gasteiger partial charge >= 0.3 is 0 Å². The van der Waals surface area contributed by atoms with Gasteiger partial charge in [-0.05, 0) is 41.7 Å². The van der Waals surface area contributed by atoms with Crippen molar-refractivity contribution in [2.24, 2.45) is 11.8 Å². The highest BCUT2D eigenvalue weighted by molar-refractivity contribution is 6.31. The fraction of sp³-hybridized carbons (Fsp3) is 0.381. The second-order valence-corrected chi connectivity index (χ2v) is 7.63. The van der Waals surface area contributed by atoms with Gasteiger partial charge in [-0.1, -0.05) is 69.1 Å². The Morgan fingerprint density at radius 3 is 2.20 bits per heavy atom. The van der Waals surface area contributed by atoms with Crippen LogP contribution < -0.4 is 4.74 Å². The average molecular weight is 376 g/mol.